The summed E-state index contributed by atoms with van der Waals surface area (Å²) in [6.45, 7) is 5.88. The maximum atomic E-state index is 4.60. The second kappa shape index (κ2) is 6.41. The van der Waals surface area contributed by atoms with Crippen LogP contribution in [0.25, 0.3) is 10.2 Å². The first kappa shape index (κ1) is 14.3. The van der Waals surface area contributed by atoms with Gasteiger partial charge in [-0.2, -0.15) is 4.98 Å². The lowest BCUT2D eigenvalue weighted by Crippen LogP contribution is -2.07. The van der Waals surface area contributed by atoms with E-state index in [2.05, 4.69) is 50.4 Å². The largest absolute Gasteiger partial charge is 0.364 e. The molecule has 0 radical (unpaired) electrons. The smallest absolute Gasteiger partial charge is 0.226 e. The minimum absolute atomic E-state index is 0.692. The Balaban J connectivity index is 1.87. The summed E-state index contributed by atoms with van der Waals surface area (Å²) in [6, 6.07) is 4.28. The van der Waals surface area contributed by atoms with Gasteiger partial charge in [0.15, 0.2) is 0 Å². The van der Waals surface area contributed by atoms with Crippen LogP contribution < -0.4 is 10.6 Å². The first-order valence-electron chi connectivity index (χ1n) is 7.10. The van der Waals surface area contributed by atoms with Crippen molar-refractivity contribution in [2.75, 3.05) is 17.2 Å². The average Bonchev–Trinajstić information content (AvgIpc) is 3.13. The lowest BCUT2D eigenvalue weighted by molar-refractivity contribution is 1.06. The van der Waals surface area contributed by atoms with E-state index in [9.17, 15) is 0 Å². The summed E-state index contributed by atoms with van der Waals surface area (Å²) in [6.07, 6.45) is 1.07. The molecule has 0 atom stereocenters. The van der Waals surface area contributed by atoms with Gasteiger partial charge in [-0.3, -0.25) is 0 Å². The van der Waals surface area contributed by atoms with Gasteiger partial charge in [0.05, 0.1) is 11.9 Å². The topological polar surface area (TPSA) is 49.8 Å². The van der Waals surface area contributed by atoms with Crippen molar-refractivity contribution < 1.29 is 0 Å². The van der Waals surface area contributed by atoms with E-state index in [1.54, 1.807) is 22.7 Å². The molecule has 110 valence electrons. The Morgan fingerprint density at radius 3 is 2.71 bits per heavy atom. The molecule has 2 N–H and O–H groups in total. The van der Waals surface area contributed by atoms with Crippen LogP contribution in [0, 0.1) is 0 Å². The number of hydrogen-bond acceptors (Lipinski definition) is 6. The van der Waals surface area contributed by atoms with Gasteiger partial charge in [0.25, 0.3) is 0 Å². The third kappa shape index (κ3) is 3.01. The Morgan fingerprint density at radius 2 is 1.90 bits per heavy atom. The van der Waals surface area contributed by atoms with Gasteiger partial charge in [0.1, 0.15) is 10.6 Å². The molecule has 0 aliphatic carbocycles. The van der Waals surface area contributed by atoms with E-state index >= 15 is 0 Å². The lowest BCUT2D eigenvalue weighted by atomic mass is 10.2. The summed E-state index contributed by atoms with van der Waals surface area (Å²) in [7, 11) is 0. The van der Waals surface area contributed by atoms with Crippen LogP contribution in [0.5, 0.6) is 0 Å². The van der Waals surface area contributed by atoms with E-state index in [-0.39, 0.29) is 0 Å². The molecule has 4 nitrogen and oxygen atoms in total. The lowest BCUT2D eigenvalue weighted by Gasteiger charge is -2.09. The Bertz CT molecular complexity index is 732. The highest BCUT2D eigenvalue weighted by molar-refractivity contribution is 7.16. The quantitative estimate of drug-likeness (QED) is 0.709. The van der Waals surface area contributed by atoms with E-state index in [4.69, 9.17) is 0 Å². The zero-order chi connectivity index (χ0) is 14.7. The first-order valence-corrected chi connectivity index (χ1v) is 8.86. The van der Waals surface area contributed by atoms with Gasteiger partial charge in [-0.05, 0) is 41.8 Å². The van der Waals surface area contributed by atoms with E-state index in [1.807, 2.05) is 6.92 Å². The van der Waals surface area contributed by atoms with Gasteiger partial charge in [-0.1, -0.05) is 6.92 Å². The van der Waals surface area contributed by atoms with Crippen LogP contribution in [0.3, 0.4) is 0 Å². The van der Waals surface area contributed by atoms with Gasteiger partial charge in [-0.15, -0.1) is 22.7 Å². The molecule has 3 aromatic heterocycles. The number of anilines is 2. The number of rotatable bonds is 6. The van der Waals surface area contributed by atoms with Crippen molar-refractivity contribution in [1.82, 2.24) is 9.97 Å². The van der Waals surface area contributed by atoms with E-state index in [0.717, 1.165) is 35.5 Å². The molecule has 0 saturated carbocycles. The van der Waals surface area contributed by atoms with Crippen LogP contribution in [-0.2, 0) is 13.0 Å². The summed E-state index contributed by atoms with van der Waals surface area (Å²) in [5.74, 6) is 1.60. The number of nitrogens with zero attached hydrogens (tertiary/aromatic N) is 2. The number of hydrogen-bond donors (Lipinski definition) is 2. The van der Waals surface area contributed by atoms with Crippen LogP contribution in [0.2, 0.25) is 0 Å². The molecule has 21 heavy (non-hydrogen) atoms. The van der Waals surface area contributed by atoms with Crippen molar-refractivity contribution in [2.45, 2.75) is 26.8 Å². The monoisotopic (exact) mass is 318 g/mol. The predicted molar refractivity (Wildman–Crippen MR) is 92.6 cm³/mol. The first-order chi connectivity index (χ1) is 10.3. The number of aromatic nitrogens is 2. The van der Waals surface area contributed by atoms with Gasteiger partial charge < -0.3 is 10.6 Å². The third-order valence-electron chi connectivity index (χ3n) is 3.29. The van der Waals surface area contributed by atoms with Gasteiger partial charge in [-0.25, -0.2) is 4.98 Å². The van der Waals surface area contributed by atoms with Crippen molar-refractivity contribution in [2.24, 2.45) is 0 Å². The molecule has 0 aliphatic heterocycles. The van der Waals surface area contributed by atoms with E-state index < -0.39 is 0 Å². The molecule has 3 heterocycles. The summed E-state index contributed by atoms with van der Waals surface area (Å²) < 4.78 is 0. The highest BCUT2D eigenvalue weighted by Crippen LogP contribution is 2.27. The molecule has 0 unspecified atom stereocenters. The van der Waals surface area contributed by atoms with E-state index in [1.165, 1.54) is 10.4 Å². The van der Waals surface area contributed by atoms with Crippen LogP contribution in [0.1, 0.15) is 24.3 Å². The second-order valence-corrected chi connectivity index (χ2v) is 6.54. The average molecular weight is 318 g/mol. The van der Waals surface area contributed by atoms with Gasteiger partial charge in [0, 0.05) is 11.4 Å². The Morgan fingerprint density at radius 1 is 1.05 bits per heavy atom. The van der Waals surface area contributed by atoms with Crippen molar-refractivity contribution in [1.29, 1.82) is 0 Å². The van der Waals surface area contributed by atoms with Crippen molar-refractivity contribution in [3.8, 4) is 0 Å². The molecule has 0 amide bonds. The fraction of sp³-hybridized carbons (Fsp3) is 0.333. The second-order valence-electron chi connectivity index (χ2n) is 4.64. The molecular weight excluding hydrogens is 300 g/mol. The van der Waals surface area contributed by atoms with Crippen molar-refractivity contribution >= 4 is 44.7 Å². The normalized spacial score (nSPS) is 11.0. The van der Waals surface area contributed by atoms with Crippen molar-refractivity contribution in [3.05, 3.63) is 33.3 Å². The summed E-state index contributed by atoms with van der Waals surface area (Å²) in [5, 5.41) is 12.0. The standard InChI is InChI=1S/C15H18N4S2/c1-3-10-5-7-20-12(10)9-17-13-11-6-8-21-14(11)19-15(18-13)16-4-2/h5-8H,3-4,9H2,1-2H3,(H2,16,17,18,19). The minimum atomic E-state index is 0.692. The third-order valence-corrected chi connectivity index (χ3v) is 5.06. The fourth-order valence-corrected chi connectivity index (χ4v) is 3.91. The molecule has 3 rings (SSSR count). The SMILES string of the molecule is CCNc1nc(NCc2sccc2CC)c2ccsc2n1. The Kier molecular flexibility index (Phi) is 4.36. The molecule has 0 saturated heterocycles. The van der Waals surface area contributed by atoms with Crippen LogP contribution in [0.4, 0.5) is 11.8 Å². The molecule has 0 aromatic carbocycles. The Labute approximate surface area is 132 Å². The fourth-order valence-electron chi connectivity index (χ4n) is 2.23. The van der Waals surface area contributed by atoms with E-state index in [0.29, 0.717) is 5.95 Å². The summed E-state index contributed by atoms with van der Waals surface area (Å²) in [5.41, 5.74) is 1.41. The highest BCUT2D eigenvalue weighted by atomic mass is 32.1. The van der Waals surface area contributed by atoms with Crippen molar-refractivity contribution in [3.63, 3.8) is 0 Å². The van der Waals surface area contributed by atoms with Crippen LogP contribution >= 0.6 is 22.7 Å². The van der Waals surface area contributed by atoms with Crippen LogP contribution in [-0.4, -0.2) is 16.5 Å². The maximum Gasteiger partial charge on any atom is 0.226 e. The number of aryl methyl sites for hydroxylation is 1. The number of nitrogens with one attached hydrogen (secondary N) is 2. The minimum Gasteiger partial charge on any atom is -0.364 e. The summed E-state index contributed by atoms with van der Waals surface area (Å²) >= 11 is 3.44. The predicted octanol–water partition coefficient (Wildman–Crippen LogP) is 4.36. The molecule has 6 heteroatoms. The van der Waals surface area contributed by atoms with Crippen LogP contribution in [0.15, 0.2) is 22.9 Å². The van der Waals surface area contributed by atoms with Gasteiger partial charge >= 0.3 is 0 Å². The molecule has 3 aromatic rings. The number of thiophene rings is 2. The molecule has 0 bridgehead atoms. The zero-order valence-corrected chi connectivity index (χ0v) is 13.8. The highest BCUT2D eigenvalue weighted by Gasteiger charge is 2.09. The zero-order valence-electron chi connectivity index (χ0n) is 12.1. The molecule has 0 fully saturated rings. The number of fused-ring (bicyclic) bond motifs is 1. The Hall–Kier alpha value is -1.66. The molecule has 0 aliphatic rings. The molecule has 0 spiro atoms. The maximum absolute atomic E-state index is 4.60. The summed E-state index contributed by atoms with van der Waals surface area (Å²) in [4.78, 5) is 11.5. The van der Waals surface area contributed by atoms with Gasteiger partial charge in [0.2, 0.25) is 5.95 Å². The molecular formula is C15H18N4S2.